The van der Waals surface area contributed by atoms with Crippen molar-refractivity contribution in [2.24, 2.45) is 0 Å². The molecule has 2 aromatic rings. The Hall–Kier alpha value is -1.16. The van der Waals surface area contributed by atoms with Crippen LogP contribution >= 0.6 is 44.6 Å². The van der Waals surface area contributed by atoms with Crippen molar-refractivity contribution in [3.8, 4) is 11.5 Å². The third-order valence-electron chi connectivity index (χ3n) is 3.62. The predicted octanol–water partition coefficient (Wildman–Crippen LogP) is 4.75. The first kappa shape index (κ1) is 23.1. The molecule has 0 spiro atoms. The maximum Gasteiger partial charge on any atom is 0.265 e. The second kappa shape index (κ2) is 8.69. The largest absolute Gasteiger partial charge is 0.495 e. The van der Waals surface area contributed by atoms with Crippen molar-refractivity contribution >= 4 is 68.2 Å². The number of hydrogen-bond donors (Lipinski definition) is 0. The molecular weight excluding hydrogens is 494 g/mol. The van der Waals surface area contributed by atoms with E-state index in [2.05, 4.69) is 0 Å². The molecule has 0 unspecified atom stereocenters. The molecule has 2 aromatic carbocycles. The van der Waals surface area contributed by atoms with Gasteiger partial charge in [-0.1, -0.05) is 35.3 Å². The molecule has 0 aliphatic carbocycles. The van der Waals surface area contributed by atoms with Gasteiger partial charge < -0.3 is 9.47 Å². The van der Waals surface area contributed by atoms with Gasteiger partial charge in [0.25, 0.3) is 18.1 Å². The normalized spacial score (nSPS) is 11.8. The Kier molecular flexibility index (Phi) is 7.17. The van der Waals surface area contributed by atoms with E-state index < -0.39 is 18.1 Å². The summed E-state index contributed by atoms with van der Waals surface area (Å²) in [7, 11) is 5.20. The van der Waals surface area contributed by atoms with Crippen LogP contribution in [0, 0.1) is 0 Å². The van der Waals surface area contributed by atoms with Gasteiger partial charge >= 0.3 is 0 Å². The molecule has 0 atom stereocenters. The van der Waals surface area contributed by atoms with E-state index in [1.54, 1.807) is 0 Å². The lowest BCUT2D eigenvalue weighted by molar-refractivity contribution is 0.403. The highest BCUT2D eigenvalue weighted by atomic mass is 35.7. The zero-order chi connectivity index (χ0) is 21.3. The van der Waals surface area contributed by atoms with E-state index in [1.807, 2.05) is 0 Å². The van der Waals surface area contributed by atoms with E-state index in [9.17, 15) is 16.8 Å². The van der Waals surface area contributed by atoms with Crippen molar-refractivity contribution in [2.75, 3.05) is 14.2 Å². The number of rotatable bonds is 6. The Balaban J connectivity index is 2.78. The third-order valence-corrected chi connectivity index (χ3v) is 6.68. The quantitative estimate of drug-likeness (QED) is 0.526. The minimum absolute atomic E-state index is 0.0163. The molecule has 0 N–H and O–H groups in total. The van der Waals surface area contributed by atoms with Crippen LogP contribution in [0.3, 0.4) is 0 Å². The zero-order valence-electron chi connectivity index (χ0n) is 14.2. The Morgan fingerprint density at radius 2 is 1.11 bits per heavy atom. The molecule has 0 amide bonds. The summed E-state index contributed by atoms with van der Waals surface area (Å²) in [6.45, 7) is 0. The number of methoxy groups -OCH3 is 2. The number of ether oxygens (including phenoxy) is 2. The summed E-state index contributed by atoms with van der Waals surface area (Å²) in [6, 6.07) is 8.13. The second-order valence-electron chi connectivity index (χ2n) is 5.24. The van der Waals surface area contributed by atoms with E-state index in [1.165, 1.54) is 50.6 Å². The number of benzene rings is 2. The molecule has 0 bridgehead atoms. The molecular formula is C16H12Cl4O6S2. The van der Waals surface area contributed by atoms with Crippen LogP contribution in [-0.2, 0) is 18.1 Å². The molecule has 28 heavy (non-hydrogen) atoms. The third kappa shape index (κ3) is 5.06. The van der Waals surface area contributed by atoms with Crippen molar-refractivity contribution in [3.63, 3.8) is 0 Å². The highest BCUT2D eigenvalue weighted by Gasteiger charge is 2.22. The van der Waals surface area contributed by atoms with Gasteiger partial charge in [0.15, 0.2) is 0 Å². The van der Waals surface area contributed by atoms with Gasteiger partial charge in [-0.05, 0) is 35.4 Å². The molecule has 0 saturated heterocycles. The van der Waals surface area contributed by atoms with Gasteiger partial charge in [0.2, 0.25) is 0 Å². The van der Waals surface area contributed by atoms with Crippen molar-refractivity contribution in [1.82, 2.24) is 0 Å². The average Bonchev–Trinajstić information content (AvgIpc) is 2.60. The lowest BCUT2D eigenvalue weighted by atomic mass is 9.99. The lowest BCUT2D eigenvalue weighted by Crippen LogP contribution is -2.01. The fraction of sp³-hybridized carbons (Fsp3) is 0.125. The molecule has 0 radical (unpaired) electrons. The first-order chi connectivity index (χ1) is 12.9. The fourth-order valence-electron chi connectivity index (χ4n) is 2.43. The molecule has 0 aliphatic rings. The van der Waals surface area contributed by atoms with Crippen molar-refractivity contribution in [3.05, 3.63) is 52.0 Å². The van der Waals surface area contributed by atoms with E-state index in [0.717, 1.165) is 0 Å². The van der Waals surface area contributed by atoms with E-state index in [4.69, 9.17) is 54.0 Å². The van der Waals surface area contributed by atoms with E-state index in [0.29, 0.717) is 0 Å². The highest BCUT2D eigenvalue weighted by molar-refractivity contribution is 8.14. The maximum absolute atomic E-state index is 11.9. The SMILES string of the molecule is COc1ccc(C(=C(Cl)Cl)c2ccc(OC)c(S(=O)(=O)Cl)c2)cc1S(=O)(=O)Cl. The Morgan fingerprint density at radius 1 is 0.750 bits per heavy atom. The van der Waals surface area contributed by atoms with Gasteiger partial charge in [0.1, 0.15) is 25.8 Å². The summed E-state index contributed by atoms with van der Waals surface area (Å²) in [5.74, 6) is 0.0325. The number of hydrogen-bond acceptors (Lipinski definition) is 6. The molecule has 6 nitrogen and oxygen atoms in total. The van der Waals surface area contributed by atoms with Crippen LogP contribution in [0.2, 0.25) is 0 Å². The Labute approximate surface area is 181 Å². The summed E-state index contributed by atoms with van der Waals surface area (Å²) in [5, 5.41) is 0. The summed E-state index contributed by atoms with van der Waals surface area (Å²) >= 11 is 12.0. The predicted molar refractivity (Wildman–Crippen MR) is 110 cm³/mol. The Morgan fingerprint density at radius 3 is 1.36 bits per heavy atom. The van der Waals surface area contributed by atoms with Gasteiger partial charge in [-0.15, -0.1) is 0 Å². The van der Waals surface area contributed by atoms with Crippen LogP contribution in [0.4, 0.5) is 0 Å². The van der Waals surface area contributed by atoms with Gasteiger partial charge in [0.05, 0.1) is 14.2 Å². The van der Waals surface area contributed by atoms with Gasteiger partial charge in [-0.2, -0.15) is 0 Å². The van der Waals surface area contributed by atoms with Gasteiger partial charge in [-0.25, -0.2) is 16.8 Å². The van der Waals surface area contributed by atoms with Crippen LogP contribution in [0.1, 0.15) is 11.1 Å². The molecule has 2 rings (SSSR count). The van der Waals surface area contributed by atoms with Crippen LogP contribution in [0.25, 0.3) is 5.57 Å². The molecule has 12 heteroatoms. The highest BCUT2D eigenvalue weighted by Crippen LogP contribution is 2.38. The summed E-state index contributed by atoms with van der Waals surface area (Å²) < 4.78 is 57.2. The van der Waals surface area contributed by atoms with Crippen LogP contribution < -0.4 is 9.47 Å². The fourth-order valence-corrected chi connectivity index (χ4v) is 4.91. The van der Waals surface area contributed by atoms with Gasteiger partial charge in [-0.3, -0.25) is 0 Å². The van der Waals surface area contributed by atoms with Crippen molar-refractivity contribution < 1.29 is 26.3 Å². The minimum Gasteiger partial charge on any atom is -0.495 e. The molecule has 0 saturated carbocycles. The standard InChI is InChI=1S/C16H12Cl4O6S2/c1-25-11-5-3-9(7-13(11)27(19,21)22)15(16(17)18)10-4-6-12(26-2)14(8-10)28(20,23)24/h3-8H,1-2H3. The molecule has 0 heterocycles. The van der Waals surface area contributed by atoms with E-state index >= 15 is 0 Å². The Bertz CT molecular complexity index is 1070. The molecule has 152 valence electrons. The first-order valence-corrected chi connectivity index (χ1v) is 12.6. The smallest absolute Gasteiger partial charge is 0.265 e. The van der Waals surface area contributed by atoms with Crippen LogP contribution in [0.15, 0.2) is 50.7 Å². The zero-order valence-corrected chi connectivity index (χ0v) is 18.9. The molecule has 0 aromatic heterocycles. The van der Waals surface area contributed by atoms with Crippen molar-refractivity contribution in [2.45, 2.75) is 9.79 Å². The van der Waals surface area contributed by atoms with E-state index in [-0.39, 0.29) is 42.5 Å². The first-order valence-electron chi connectivity index (χ1n) is 7.21. The summed E-state index contributed by atoms with van der Waals surface area (Å²) in [5.41, 5.74) is 0.656. The van der Waals surface area contributed by atoms with Crippen molar-refractivity contribution in [1.29, 1.82) is 0 Å². The minimum atomic E-state index is -4.15. The van der Waals surface area contributed by atoms with Gasteiger partial charge in [0, 0.05) is 26.9 Å². The average molecular weight is 506 g/mol. The molecule has 0 aliphatic heterocycles. The lowest BCUT2D eigenvalue weighted by Gasteiger charge is -2.14. The molecule has 0 fully saturated rings. The number of halogens is 4. The van der Waals surface area contributed by atoms with Crippen LogP contribution in [-0.4, -0.2) is 31.1 Å². The maximum atomic E-state index is 11.9. The second-order valence-corrected chi connectivity index (χ2v) is 11.3. The van der Waals surface area contributed by atoms with Crippen LogP contribution in [0.5, 0.6) is 11.5 Å². The topological polar surface area (TPSA) is 86.7 Å². The summed E-state index contributed by atoms with van der Waals surface area (Å²) in [6.07, 6.45) is 0. The monoisotopic (exact) mass is 504 g/mol. The summed E-state index contributed by atoms with van der Waals surface area (Å²) in [4.78, 5) is -0.611.